The molecule has 2 aromatic heterocycles. The maximum absolute atomic E-state index is 14.2. The summed E-state index contributed by atoms with van der Waals surface area (Å²) in [6, 6.07) is 18.4. The number of aryl methyl sites for hydroxylation is 2. The average molecular weight is 530 g/mol. The third-order valence-electron chi connectivity index (χ3n) is 7.47. The molecule has 0 radical (unpaired) electrons. The molecule has 190 valence electrons. The number of hydrogen-bond acceptors (Lipinski definition) is 4. The monoisotopic (exact) mass is 529 g/mol. The van der Waals surface area contributed by atoms with Crippen molar-refractivity contribution in [2.75, 3.05) is 18.7 Å². The van der Waals surface area contributed by atoms with Gasteiger partial charge in [0.15, 0.2) is 0 Å². The summed E-state index contributed by atoms with van der Waals surface area (Å²) in [5.74, 6) is 0.659. The lowest BCUT2D eigenvalue weighted by Gasteiger charge is -2.31. The number of carbonyl (C=O) groups excluding carboxylic acids is 1. The number of thiophene rings is 1. The number of fused-ring (bicyclic) bond motifs is 5. The van der Waals surface area contributed by atoms with E-state index in [0.717, 1.165) is 29.7 Å². The van der Waals surface area contributed by atoms with Gasteiger partial charge in [0.25, 0.3) is 0 Å². The summed E-state index contributed by atoms with van der Waals surface area (Å²) >= 11 is 3.63. The number of amides is 2. The number of thioether (sulfide) groups is 1. The van der Waals surface area contributed by atoms with Crippen LogP contribution >= 0.6 is 23.1 Å². The van der Waals surface area contributed by atoms with Gasteiger partial charge in [0.2, 0.25) is 0 Å². The van der Waals surface area contributed by atoms with Crippen molar-refractivity contribution in [3.63, 3.8) is 0 Å². The molecule has 4 aromatic rings. The van der Waals surface area contributed by atoms with Crippen LogP contribution in [0.1, 0.15) is 51.7 Å². The van der Waals surface area contributed by atoms with Crippen molar-refractivity contribution in [3.8, 4) is 10.8 Å². The highest BCUT2D eigenvalue weighted by atomic mass is 32.2. The molecule has 3 heterocycles. The number of urea groups is 1. The van der Waals surface area contributed by atoms with E-state index < -0.39 is 0 Å². The molecule has 37 heavy (non-hydrogen) atoms. The van der Waals surface area contributed by atoms with E-state index in [9.17, 15) is 4.79 Å². The van der Waals surface area contributed by atoms with Gasteiger partial charge in [0.1, 0.15) is 10.8 Å². The van der Waals surface area contributed by atoms with E-state index in [0.29, 0.717) is 18.0 Å². The lowest BCUT2D eigenvalue weighted by atomic mass is 9.95. The average Bonchev–Trinajstić information content (AvgIpc) is 3.51. The first-order valence-electron chi connectivity index (χ1n) is 12.7. The fourth-order valence-electron chi connectivity index (χ4n) is 5.63. The first-order valence-corrected chi connectivity index (χ1v) is 14.8. The molecule has 0 fully saturated rings. The minimum absolute atomic E-state index is 0.126. The molecule has 0 unspecified atom stereocenters. The van der Waals surface area contributed by atoms with Gasteiger partial charge >= 0.3 is 6.03 Å². The van der Waals surface area contributed by atoms with Gasteiger partial charge in [-0.2, -0.15) is 0 Å². The molecule has 1 N–H and O–H groups in total. The molecular weight excluding hydrogens is 498 g/mol. The summed E-state index contributed by atoms with van der Waals surface area (Å²) in [5.41, 5.74) is 6.73. The lowest BCUT2D eigenvalue weighted by Crippen LogP contribution is -2.38. The predicted octanol–water partition coefficient (Wildman–Crippen LogP) is 7.59. The maximum Gasteiger partial charge on any atom is 0.323 e. The summed E-state index contributed by atoms with van der Waals surface area (Å²) in [7, 11) is 1.64. The summed E-state index contributed by atoms with van der Waals surface area (Å²) < 4.78 is 7.90. The van der Waals surface area contributed by atoms with E-state index in [1.807, 2.05) is 41.4 Å². The van der Waals surface area contributed by atoms with E-state index in [1.54, 1.807) is 18.9 Å². The van der Waals surface area contributed by atoms with Gasteiger partial charge in [-0.1, -0.05) is 18.2 Å². The lowest BCUT2D eigenvalue weighted by molar-refractivity contribution is 0.194. The Bertz CT molecular complexity index is 1450. The van der Waals surface area contributed by atoms with Crippen LogP contribution in [-0.2, 0) is 19.4 Å². The smallest absolute Gasteiger partial charge is 0.323 e. The van der Waals surface area contributed by atoms with Crippen LogP contribution in [0.3, 0.4) is 0 Å². The second-order valence-corrected chi connectivity index (χ2v) is 11.7. The van der Waals surface area contributed by atoms with Crippen molar-refractivity contribution in [1.29, 1.82) is 0 Å². The Morgan fingerprint density at radius 1 is 1.08 bits per heavy atom. The first kappa shape index (κ1) is 24.2. The summed E-state index contributed by atoms with van der Waals surface area (Å²) in [6.45, 7) is 2.59. The number of rotatable bonds is 4. The van der Waals surface area contributed by atoms with Gasteiger partial charge in [-0.25, -0.2) is 4.79 Å². The Kier molecular flexibility index (Phi) is 6.51. The minimum Gasteiger partial charge on any atom is -0.495 e. The molecule has 0 spiro atoms. The van der Waals surface area contributed by atoms with Crippen molar-refractivity contribution < 1.29 is 9.53 Å². The highest BCUT2D eigenvalue weighted by Gasteiger charge is 2.36. The molecule has 2 aliphatic rings. The normalized spacial score (nSPS) is 16.4. The van der Waals surface area contributed by atoms with Crippen LogP contribution in [0.25, 0.3) is 5.00 Å². The Hall–Kier alpha value is -3.16. The number of methoxy groups -OCH3 is 1. The molecule has 1 aliphatic carbocycles. The number of aromatic nitrogens is 1. The second-order valence-electron chi connectivity index (χ2n) is 9.74. The van der Waals surface area contributed by atoms with Gasteiger partial charge in [-0.3, -0.25) is 0 Å². The van der Waals surface area contributed by atoms with Crippen LogP contribution in [0.5, 0.6) is 5.75 Å². The van der Waals surface area contributed by atoms with Crippen LogP contribution in [0.4, 0.5) is 10.5 Å². The largest absolute Gasteiger partial charge is 0.495 e. The van der Waals surface area contributed by atoms with Crippen molar-refractivity contribution in [2.45, 2.75) is 50.1 Å². The SMILES string of the molecule is COc1ccc(C)cc1NC(=O)N1Cc2c(sc3c2CCCC3)-n2cccc2[C@@H]1c1ccc(SC)cc1. The number of carbonyl (C=O) groups is 1. The maximum atomic E-state index is 14.2. The molecule has 2 amide bonds. The second kappa shape index (κ2) is 9.95. The molecule has 5 nitrogen and oxygen atoms in total. The Labute approximate surface area is 226 Å². The zero-order chi connectivity index (χ0) is 25.5. The summed E-state index contributed by atoms with van der Waals surface area (Å²) in [6.07, 6.45) is 8.92. The number of benzene rings is 2. The third-order valence-corrected chi connectivity index (χ3v) is 9.54. The Morgan fingerprint density at radius 2 is 1.89 bits per heavy atom. The number of anilines is 1. The first-order chi connectivity index (χ1) is 18.1. The number of nitrogens with zero attached hydrogens (tertiary/aromatic N) is 2. The standard InChI is InChI=1S/C30H31N3O2S2/c1-19-10-15-26(35-2)24(17-19)31-30(34)33-18-23-22-7-4-5-9-27(22)37-29(23)32-16-6-8-25(32)28(33)20-11-13-21(36-3)14-12-20/h6,8,10-17,28H,4-5,7,9,18H2,1-3H3,(H,31,34)/t28-/m0/s1. The molecular formula is C30H31N3O2S2. The van der Waals surface area contributed by atoms with Crippen LogP contribution < -0.4 is 10.1 Å². The summed E-state index contributed by atoms with van der Waals surface area (Å²) in [5, 5.41) is 4.47. The quantitative estimate of drug-likeness (QED) is 0.277. The Morgan fingerprint density at radius 3 is 2.68 bits per heavy atom. The van der Waals surface area contributed by atoms with E-state index in [2.05, 4.69) is 58.7 Å². The Balaban J connectivity index is 1.49. The molecule has 6 rings (SSSR count). The van der Waals surface area contributed by atoms with E-state index in [4.69, 9.17) is 4.74 Å². The van der Waals surface area contributed by atoms with Crippen molar-refractivity contribution >= 4 is 34.8 Å². The van der Waals surface area contributed by atoms with Gasteiger partial charge in [-0.05, 0) is 92.0 Å². The molecule has 0 saturated carbocycles. The zero-order valence-electron chi connectivity index (χ0n) is 21.4. The van der Waals surface area contributed by atoms with Crippen molar-refractivity contribution in [3.05, 3.63) is 93.6 Å². The van der Waals surface area contributed by atoms with Gasteiger partial charge in [0, 0.05) is 21.5 Å². The van der Waals surface area contributed by atoms with Crippen LogP contribution in [0.2, 0.25) is 0 Å². The zero-order valence-corrected chi connectivity index (χ0v) is 23.0. The topological polar surface area (TPSA) is 46.5 Å². The van der Waals surface area contributed by atoms with Crippen molar-refractivity contribution in [2.24, 2.45) is 0 Å². The molecule has 7 heteroatoms. The highest BCUT2D eigenvalue weighted by molar-refractivity contribution is 7.98. The molecule has 0 saturated heterocycles. The molecule has 0 bridgehead atoms. The van der Waals surface area contributed by atoms with Crippen LogP contribution in [-0.4, -0.2) is 28.9 Å². The third kappa shape index (κ3) is 4.34. The fraction of sp³-hybridized carbons (Fsp3) is 0.300. The fourth-order valence-corrected chi connectivity index (χ4v) is 7.44. The number of hydrogen-bond donors (Lipinski definition) is 1. The molecule has 2 aromatic carbocycles. The van der Waals surface area contributed by atoms with E-state index >= 15 is 0 Å². The van der Waals surface area contributed by atoms with Gasteiger partial charge in [-0.15, -0.1) is 23.1 Å². The van der Waals surface area contributed by atoms with Crippen LogP contribution in [0, 0.1) is 6.92 Å². The predicted molar refractivity (Wildman–Crippen MR) is 153 cm³/mol. The number of nitrogens with one attached hydrogen (secondary N) is 1. The van der Waals surface area contributed by atoms with Gasteiger partial charge < -0.3 is 19.5 Å². The van der Waals surface area contributed by atoms with Crippen LogP contribution in [0.15, 0.2) is 65.7 Å². The van der Waals surface area contributed by atoms with Crippen molar-refractivity contribution in [1.82, 2.24) is 9.47 Å². The number of ether oxygens (including phenoxy) is 1. The van der Waals surface area contributed by atoms with E-state index in [-0.39, 0.29) is 12.1 Å². The highest BCUT2D eigenvalue weighted by Crippen LogP contribution is 2.44. The summed E-state index contributed by atoms with van der Waals surface area (Å²) in [4.78, 5) is 18.9. The minimum atomic E-state index is -0.222. The van der Waals surface area contributed by atoms with E-state index in [1.165, 1.54) is 38.7 Å². The molecule has 1 aliphatic heterocycles. The molecule has 1 atom stereocenters. The van der Waals surface area contributed by atoms with Gasteiger partial charge in [0.05, 0.1) is 31.1 Å².